The van der Waals surface area contributed by atoms with Gasteiger partial charge in [0.2, 0.25) is 0 Å². The Morgan fingerprint density at radius 2 is 1.90 bits per heavy atom. The first kappa shape index (κ1) is 16.1. The van der Waals surface area contributed by atoms with Crippen LogP contribution in [0.15, 0.2) is 40.9 Å². The van der Waals surface area contributed by atoms with E-state index < -0.39 is 0 Å². The maximum absolute atomic E-state index is 13.8. The summed E-state index contributed by atoms with van der Waals surface area (Å²) in [7, 11) is 0. The Balaban J connectivity index is 2.15. The molecule has 0 saturated heterocycles. The van der Waals surface area contributed by atoms with Gasteiger partial charge in [-0.1, -0.05) is 28.1 Å². The molecule has 2 aromatic rings. The lowest BCUT2D eigenvalue weighted by Gasteiger charge is -2.13. The Kier molecular flexibility index (Phi) is 5.88. The van der Waals surface area contributed by atoms with Crippen molar-refractivity contribution in [2.24, 2.45) is 0 Å². The molecule has 2 rings (SSSR count). The zero-order valence-electron chi connectivity index (χ0n) is 11.5. The predicted molar refractivity (Wildman–Crippen MR) is 85.6 cm³/mol. The topological polar surface area (TPSA) is 18.5 Å². The number of hydrogen-bond acceptors (Lipinski definition) is 2. The van der Waals surface area contributed by atoms with Crippen LogP contribution < -0.4 is 9.47 Å². The van der Waals surface area contributed by atoms with Crippen LogP contribution in [0.25, 0.3) is 0 Å². The van der Waals surface area contributed by atoms with Gasteiger partial charge in [-0.2, -0.15) is 0 Å². The molecular formula is C16H15BrClFO2. The number of ether oxygens (including phenoxy) is 2. The molecule has 112 valence electrons. The van der Waals surface area contributed by atoms with Crippen molar-refractivity contribution in [1.82, 2.24) is 0 Å². The highest BCUT2D eigenvalue weighted by Gasteiger charge is 2.09. The van der Waals surface area contributed by atoms with Gasteiger partial charge in [-0.15, -0.1) is 11.6 Å². The smallest absolute Gasteiger partial charge is 0.161 e. The minimum atomic E-state index is -0.306. The Morgan fingerprint density at radius 1 is 1.10 bits per heavy atom. The molecule has 2 nitrogen and oxygen atoms in total. The van der Waals surface area contributed by atoms with Crippen LogP contribution in [0.4, 0.5) is 4.39 Å². The molecule has 0 aromatic heterocycles. The summed E-state index contributed by atoms with van der Waals surface area (Å²) in [5, 5.41) is 0. The minimum Gasteiger partial charge on any atom is -0.490 e. The molecule has 0 fully saturated rings. The Hall–Kier alpha value is -1.26. The fourth-order valence-corrected chi connectivity index (χ4v) is 2.32. The van der Waals surface area contributed by atoms with Gasteiger partial charge in [0, 0.05) is 15.9 Å². The van der Waals surface area contributed by atoms with Crippen molar-refractivity contribution in [3.05, 3.63) is 57.8 Å². The highest BCUT2D eigenvalue weighted by Crippen LogP contribution is 2.30. The molecule has 0 spiro atoms. The summed E-state index contributed by atoms with van der Waals surface area (Å²) >= 11 is 9.04. The van der Waals surface area contributed by atoms with Gasteiger partial charge in [-0.3, -0.25) is 0 Å². The van der Waals surface area contributed by atoms with Crippen molar-refractivity contribution in [1.29, 1.82) is 0 Å². The molecule has 0 heterocycles. The Labute approximate surface area is 137 Å². The molecule has 0 radical (unpaired) electrons. The maximum Gasteiger partial charge on any atom is 0.161 e. The van der Waals surface area contributed by atoms with Crippen molar-refractivity contribution in [2.45, 2.75) is 19.4 Å². The SMILES string of the molecule is CCOc1cc(CCl)ccc1OCc1ccc(Br)cc1F. The van der Waals surface area contributed by atoms with Crippen molar-refractivity contribution in [3.8, 4) is 11.5 Å². The van der Waals surface area contributed by atoms with Gasteiger partial charge in [0.25, 0.3) is 0 Å². The second kappa shape index (κ2) is 7.66. The second-order valence-electron chi connectivity index (χ2n) is 4.37. The van der Waals surface area contributed by atoms with E-state index in [-0.39, 0.29) is 12.4 Å². The van der Waals surface area contributed by atoms with Gasteiger partial charge >= 0.3 is 0 Å². The number of benzene rings is 2. The van der Waals surface area contributed by atoms with E-state index in [4.69, 9.17) is 21.1 Å². The van der Waals surface area contributed by atoms with E-state index in [1.54, 1.807) is 18.2 Å². The first-order valence-electron chi connectivity index (χ1n) is 6.52. The highest BCUT2D eigenvalue weighted by atomic mass is 79.9. The van der Waals surface area contributed by atoms with E-state index >= 15 is 0 Å². The molecule has 0 unspecified atom stereocenters. The fourth-order valence-electron chi connectivity index (χ4n) is 1.82. The normalized spacial score (nSPS) is 10.5. The zero-order valence-corrected chi connectivity index (χ0v) is 13.9. The first-order chi connectivity index (χ1) is 10.1. The lowest BCUT2D eigenvalue weighted by atomic mass is 10.2. The van der Waals surface area contributed by atoms with Gasteiger partial charge in [-0.25, -0.2) is 4.39 Å². The summed E-state index contributed by atoms with van der Waals surface area (Å²) in [6.45, 7) is 2.56. The lowest BCUT2D eigenvalue weighted by Crippen LogP contribution is -2.02. The quantitative estimate of drug-likeness (QED) is 0.639. The minimum absolute atomic E-state index is 0.138. The third kappa shape index (κ3) is 4.35. The summed E-state index contributed by atoms with van der Waals surface area (Å²) < 4.78 is 25.7. The van der Waals surface area contributed by atoms with Crippen molar-refractivity contribution >= 4 is 27.5 Å². The molecule has 0 bridgehead atoms. The van der Waals surface area contributed by atoms with Crippen LogP contribution >= 0.6 is 27.5 Å². The van der Waals surface area contributed by atoms with Gasteiger partial charge < -0.3 is 9.47 Å². The van der Waals surface area contributed by atoms with Crippen LogP contribution in [-0.2, 0) is 12.5 Å². The van der Waals surface area contributed by atoms with Crippen molar-refractivity contribution in [2.75, 3.05) is 6.61 Å². The van der Waals surface area contributed by atoms with Crippen LogP contribution in [0.1, 0.15) is 18.1 Å². The Morgan fingerprint density at radius 3 is 2.57 bits per heavy atom. The Bertz CT molecular complexity index is 619. The molecule has 0 amide bonds. The highest BCUT2D eigenvalue weighted by molar-refractivity contribution is 9.10. The van der Waals surface area contributed by atoms with Crippen LogP contribution in [-0.4, -0.2) is 6.61 Å². The molecule has 0 atom stereocenters. The zero-order chi connectivity index (χ0) is 15.2. The molecular weight excluding hydrogens is 359 g/mol. The van der Waals surface area contributed by atoms with Crippen LogP contribution in [0.5, 0.6) is 11.5 Å². The molecule has 0 aliphatic rings. The number of alkyl halides is 1. The van der Waals surface area contributed by atoms with Crippen molar-refractivity contribution < 1.29 is 13.9 Å². The number of rotatable bonds is 6. The summed E-state index contributed by atoms with van der Waals surface area (Å²) in [6.07, 6.45) is 0. The fraction of sp³-hybridized carbons (Fsp3) is 0.250. The average Bonchev–Trinajstić information content (AvgIpc) is 2.47. The molecule has 0 aliphatic heterocycles. The van der Waals surface area contributed by atoms with E-state index in [1.165, 1.54) is 6.07 Å². The number of halogens is 3. The van der Waals surface area contributed by atoms with E-state index in [2.05, 4.69) is 15.9 Å². The maximum atomic E-state index is 13.8. The van der Waals surface area contributed by atoms with Crippen LogP contribution in [0.2, 0.25) is 0 Å². The lowest BCUT2D eigenvalue weighted by molar-refractivity contribution is 0.265. The molecule has 0 saturated carbocycles. The molecule has 0 aliphatic carbocycles. The third-order valence-electron chi connectivity index (χ3n) is 2.86. The first-order valence-corrected chi connectivity index (χ1v) is 7.85. The second-order valence-corrected chi connectivity index (χ2v) is 5.56. The predicted octanol–water partition coefficient (Wildman–Crippen LogP) is 5.30. The summed E-state index contributed by atoms with van der Waals surface area (Å²) in [5.41, 5.74) is 1.43. The van der Waals surface area contributed by atoms with Gasteiger partial charge in [-0.05, 0) is 36.8 Å². The monoisotopic (exact) mass is 372 g/mol. The molecule has 21 heavy (non-hydrogen) atoms. The number of hydrogen-bond donors (Lipinski definition) is 0. The summed E-state index contributed by atoms with van der Waals surface area (Å²) in [5.74, 6) is 1.29. The van der Waals surface area contributed by atoms with E-state index in [0.29, 0.717) is 34.0 Å². The van der Waals surface area contributed by atoms with E-state index in [1.807, 2.05) is 19.1 Å². The van der Waals surface area contributed by atoms with E-state index in [9.17, 15) is 4.39 Å². The van der Waals surface area contributed by atoms with Gasteiger partial charge in [0.15, 0.2) is 11.5 Å². The van der Waals surface area contributed by atoms with Crippen LogP contribution in [0.3, 0.4) is 0 Å². The van der Waals surface area contributed by atoms with Crippen molar-refractivity contribution in [3.63, 3.8) is 0 Å². The van der Waals surface area contributed by atoms with Gasteiger partial charge in [0.1, 0.15) is 12.4 Å². The third-order valence-corrected chi connectivity index (χ3v) is 3.66. The molecule has 5 heteroatoms. The largest absolute Gasteiger partial charge is 0.490 e. The standard InChI is InChI=1S/C16H15BrClFO2/c1-2-20-16-7-11(9-18)3-6-15(16)21-10-12-4-5-13(17)8-14(12)19/h3-8H,2,9-10H2,1H3. The summed E-state index contributed by atoms with van der Waals surface area (Å²) in [4.78, 5) is 0. The molecule has 2 aromatic carbocycles. The molecule has 0 N–H and O–H groups in total. The van der Waals surface area contributed by atoms with Crippen LogP contribution in [0, 0.1) is 5.82 Å². The van der Waals surface area contributed by atoms with E-state index in [0.717, 1.165) is 5.56 Å². The summed E-state index contributed by atoms with van der Waals surface area (Å²) in [6, 6.07) is 10.4. The average molecular weight is 374 g/mol. The van der Waals surface area contributed by atoms with Gasteiger partial charge in [0.05, 0.1) is 6.61 Å².